The van der Waals surface area contributed by atoms with E-state index in [1.54, 1.807) is 18.2 Å². The second kappa shape index (κ2) is 4.28. The molecular weight excluding hydrogens is 202 g/mol. The third-order valence-electron chi connectivity index (χ3n) is 2.03. The van der Waals surface area contributed by atoms with Gasteiger partial charge in [0.1, 0.15) is 6.07 Å². The lowest BCUT2D eigenvalue weighted by atomic mass is 10.2. The lowest BCUT2D eigenvalue weighted by Crippen LogP contribution is -2.01. The van der Waals surface area contributed by atoms with Gasteiger partial charge < -0.3 is 11.1 Å². The van der Waals surface area contributed by atoms with Crippen LogP contribution in [0.4, 0.5) is 17.3 Å². The molecule has 78 valence electrons. The van der Waals surface area contributed by atoms with E-state index in [9.17, 15) is 0 Å². The molecule has 1 heterocycles. The number of anilines is 3. The van der Waals surface area contributed by atoms with Gasteiger partial charge in [0, 0.05) is 12.4 Å². The van der Waals surface area contributed by atoms with Crippen LogP contribution in [0.5, 0.6) is 0 Å². The van der Waals surface area contributed by atoms with Crippen LogP contribution in [0.15, 0.2) is 36.7 Å². The minimum atomic E-state index is 0.301. The van der Waals surface area contributed by atoms with Crippen molar-refractivity contribution < 1.29 is 0 Å². The zero-order chi connectivity index (χ0) is 11.4. The molecule has 2 aromatic rings. The van der Waals surface area contributed by atoms with Crippen molar-refractivity contribution in [3.05, 3.63) is 42.2 Å². The molecule has 0 atom stereocenters. The first kappa shape index (κ1) is 9.93. The zero-order valence-corrected chi connectivity index (χ0v) is 8.38. The summed E-state index contributed by atoms with van der Waals surface area (Å²) in [5.41, 5.74) is 6.84. The first-order chi connectivity index (χ1) is 7.81. The van der Waals surface area contributed by atoms with E-state index in [-0.39, 0.29) is 0 Å². The van der Waals surface area contributed by atoms with Gasteiger partial charge in [0.2, 0.25) is 0 Å². The number of para-hydroxylation sites is 1. The summed E-state index contributed by atoms with van der Waals surface area (Å²) in [4.78, 5) is 7.94. The Morgan fingerprint density at radius 1 is 1.19 bits per heavy atom. The van der Waals surface area contributed by atoms with Gasteiger partial charge in [0.25, 0.3) is 0 Å². The van der Waals surface area contributed by atoms with E-state index in [2.05, 4.69) is 21.4 Å². The molecule has 0 unspecified atom stereocenters. The number of benzene rings is 1. The Bertz CT molecular complexity index is 544. The highest BCUT2D eigenvalue weighted by molar-refractivity contribution is 5.69. The van der Waals surface area contributed by atoms with Gasteiger partial charge in [-0.1, -0.05) is 12.1 Å². The molecule has 1 aromatic heterocycles. The molecular formula is C11H9N5. The van der Waals surface area contributed by atoms with Crippen molar-refractivity contribution in [1.29, 1.82) is 5.26 Å². The maximum absolute atomic E-state index is 8.91. The maximum atomic E-state index is 8.91. The van der Waals surface area contributed by atoms with Crippen molar-refractivity contribution in [2.24, 2.45) is 0 Å². The van der Waals surface area contributed by atoms with Crippen LogP contribution in [0.2, 0.25) is 0 Å². The Morgan fingerprint density at radius 2 is 1.94 bits per heavy atom. The van der Waals surface area contributed by atoms with E-state index in [0.717, 1.165) is 0 Å². The minimum Gasteiger partial charge on any atom is -0.381 e. The van der Waals surface area contributed by atoms with E-state index in [1.165, 1.54) is 12.4 Å². The molecule has 0 bridgehead atoms. The standard InChI is InChI=1S/C11H9N5/c12-7-8-3-1-2-4-9(8)16-11-10(13)14-5-6-15-11/h1-6H,(H2,13,14)(H,15,16). The molecule has 0 spiro atoms. The second-order valence-corrected chi connectivity index (χ2v) is 3.07. The molecule has 1 aromatic carbocycles. The summed E-state index contributed by atoms with van der Waals surface area (Å²) < 4.78 is 0. The largest absolute Gasteiger partial charge is 0.381 e. The van der Waals surface area contributed by atoms with E-state index < -0.39 is 0 Å². The van der Waals surface area contributed by atoms with E-state index in [0.29, 0.717) is 22.9 Å². The van der Waals surface area contributed by atoms with Gasteiger partial charge in [0.05, 0.1) is 11.3 Å². The number of nitrogens with one attached hydrogen (secondary N) is 1. The monoisotopic (exact) mass is 211 g/mol. The average Bonchev–Trinajstić information content (AvgIpc) is 2.33. The number of hydrogen-bond acceptors (Lipinski definition) is 5. The highest BCUT2D eigenvalue weighted by Gasteiger charge is 2.04. The fourth-order valence-corrected chi connectivity index (χ4v) is 1.26. The van der Waals surface area contributed by atoms with Gasteiger partial charge >= 0.3 is 0 Å². The van der Waals surface area contributed by atoms with Crippen molar-refractivity contribution >= 4 is 17.3 Å². The fourth-order valence-electron chi connectivity index (χ4n) is 1.26. The zero-order valence-electron chi connectivity index (χ0n) is 8.38. The summed E-state index contributed by atoms with van der Waals surface area (Å²) >= 11 is 0. The molecule has 16 heavy (non-hydrogen) atoms. The number of nitrogens with two attached hydrogens (primary N) is 1. The van der Waals surface area contributed by atoms with Crippen LogP contribution in [0.3, 0.4) is 0 Å². The van der Waals surface area contributed by atoms with Crippen LogP contribution in [-0.2, 0) is 0 Å². The Balaban J connectivity index is 2.35. The summed E-state index contributed by atoms with van der Waals surface area (Å²) in [6.07, 6.45) is 3.05. The normalized spacial score (nSPS) is 9.44. The maximum Gasteiger partial charge on any atom is 0.173 e. The Morgan fingerprint density at radius 3 is 2.69 bits per heavy atom. The number of rotatable bonds is 2. The Labute approximate surface area is 92.6 Å². The predicted octanol–water partition coefficient (Wildman–Crippen LogP) is 1.67. The number of nitrogen functional groups attached to an aromatic ring is 1. The quantitative estimate of drug-likeness (QED) is 0.788. The third-order valence-corrected chi connectivity index (χ3v) is 2.03. The molecule has 2 rings (SSSR count). The number of hydrogen-bond donors (Lipinski definition) is 2. The van der Waals surface area contributed by atoms with Gasteiger partial charge in [-0.2, -0.15) is 5.26 Å². The van der Waals surface area contributed by atoms with Crippen molar-refractivity contribution in [2.45, 2.75) is 0 Å². The van der Waals surface area contributed by atoms with Crippen LogP contribution >= 0.6 is 0 Å². The molecule has 5 nitrogen and oxygen atoms in total. The van der Waals surface area contributed by atoms with Crippen LogP contribution in [0.1, 0.15) is 5.56 Å². The van der Waals surface area contributed by atoms with Crippen LogP contribution < -0.4 is 11.1 Å². The SMILES string of the molecule is N#Cc1ccccc1Nc1nccnc1N. The van der Waals surface area contributed by atoms with Crippen molar-refractivity contribution in [2.75, 3.05) is 11.1 Å². The van der Waals surface area contributed by atoms with E-state index >= 15 is 0 Å². The van der Waals surface area contributed by atoms with Crippen molar-refractivity contribution in [1.82, 2.24) is 9.97 Å². The summed E-state index contributed by atoms with van der Waals surface area (Å²) in [5, 5.41) is 11.9. The molecule has 0 aliphatic carbocycles. The van der Waals surface area contributed by atoms with Gasteiger partial charge in [-0.25, -0.2) is 9.97 Å². The van der Waals surface area contributed by atoms with Gasteiger partial charge in [-0.15, -0.1) is 0 Å². The molecule has 0 aliphatic rings. The Kier molecular flexibility index (Phi) is 2.65. The molecule has 0 aliphatic heterocycles. The molecule has 0 saturated carbocycles. The Hall–Kier alpha value is -2.61. The average molecular weight is 211 g/mol. The lowest BCUT2D eigenvalue weighted by Gasteiger charge is -2.07. The summed E-state index contributed by atoms with van der Waals surface area (Å²) in [6.45, 7) is 0. The lowest BCUT2D eigenvalue weighted by molar-refractivity contribution is 1.21. The van der Waals surface area contributed by atoms with Gasteiger partial charge in [0.15, 0.2) is 11.6 Å². The molecule has 0 radical (unpaired) electrons. The van der Waals surface area contributed by atoms with E-state index in [1.807, 2.05) is 6.07 Å². The highest BCUT2D eigenvalue weighted by atomic mass is 15.1. The summed E-state index contributed by atoms with van der Waals surface area (Å²) in [5.74, 6) is 0.750. The number of nitrogens with zero attached hydrogens (tertiary/aromatic N) is 3. The van der Waals surface area contributed by atoms with Gasteiger partial charge in [-0.05, 0) is 12.1 Å². The number of aromatic nitrogens is 2. The highest BCUT2D eigenvalue weighted by Crippen LogP contribution is 2.20. The van der Waals surface area contributed by atoms with Crippen molar-refractivity contribution in [3.8, 4) is 6.07 Å². The first-order valence-corrected chi connectivity index (χ1v) is 4.64. The summed E-state index contributed by atoms with van der Waals surface area (Å²) in [6, 6.07) is 9.21. The second-order valence-electron chi connectivity index (χ2n) is 3.07. The van der Waals surface area contributed by atoms with Gasteiger partial charge in [-0.3, -0.25) is 0 Å². The van der Waals surface area contributed by atoms with Crippen LogP contribution in [0.25, 0.3) is 0 Å². The molecule has 5 heteroatoms. The third kappa shape index (κ3) is 1.91. The topological polar surface area (TPSA) is 87.6 Å². The molecule has 3 N–H and O–H groups in total. The molecule has 0 amide bonds. The predicted molar refractivity (Wildman–Crippen MR) is 60.9 cm³/mol. The number of nitriles is 1. The van der Waals surface area contributed by atoms with Crippen LogP contribution in [0, 0.1) is 11.3 Å². The molecule has 0 fully saturated rings. The fraction of sp³-hybridized carbons (Fsp3) is 0. The van der Waals surface area contributed by atoms with E-state index in [4.69, 9.17) is 11.0 Å². The molecule has 0 saturated heterocycles. The van der Waals surface area contributed by atoms with Crippen molar-refractivity contribution in [3.63, 3.8) is 0 Å². The summed E-state index contributed by atoms with van der Waals surface area (Å²) in [7, 11) is 0. The van der Waals surface area contributed by atoms with Crippen LogP contribution in [-0.4, -0.2) is 9.97 Å². The minimum absolute atomic E-state index is 0.301. The smallest absolute Gasteiger partial charge is 0.173 e. The first-order valence-electron chi connectivity index (χ1n) is 4.64.